The number of nitrogens with zero attached hydrogens (tertiary/aromatic N) is 3. The molecule has 2 heterocycles. The number of ether oxygens (including phenoxy) is 2. The smallest absolute Gasteiger partial charge is 0.427 e. The number of anilines is 1. The highest BCUT2D eigenvalue weighted by atomic mass is 35.5. The summed E-state index contributed by atoms with van der Waals surface area (Å²) in [4.78, 5) is 54.2. The predicted molar refractivity (Wildman–Crippen MR) is 166 cm³/mol. The lowest BCUT2D eigenvalue weighted by atomic mass is 9.89. The van der Waals surface area contributed by atoms with Gasteiger partial charge in [0.2, 0.25) is 0 Å². The topological polar surface area (TPSA) is 124 Å². The molecule has 2 fully saturated rings. The third-order valence-electron chi connectivity index (χ3n) is 7.41. The van der Waals surface area contributed by atoms with E-state index in [9.17, 15) is 19.2 Å². The third kappa shape index (κ3) is 6.26. The Morgan fingerprint density at radius 2 is 1.61 bits per heavy atom. The van der Waals surface area contributed by atoms with Crippen LogP contribution in [-0.4, -0.2) is 45.7 Å². The Hall–Kier alpha value is -4.06. The largest absolute Gasteiger partial charge is 0.444 e. The number of benzene rings is 2. The van der Waals surface area contributed by atoms with Gasteiger partial charge in [-0.15, -0.1) is 0 Å². The summed E-state index contributed by atoms with van der Waals surface area (Å²) in [5.41, 5.74) is -1.21. The van der Waals surface area contributed by atoms with E-state index in [4.69, 9.17) is 21.1 Å². The van der Waals surface area contributed by atoms with E-state index in [1.165, 1.54) is 4.57 Å². The monoisotopic (exact) mass is 629 g/mol. The number of amides is 2. The summed E-state index contributed by atoms with van der Waals surface area (Å²) in [5.74, 6) is -0.787. The third-order valence-corrected chi connectivity index (χ3v) is 7.76. The van der Waals surface area contributed by atoms with Gasteiger partial charge in [0.25, 0.3) is 5.56 Å². The van der Waals surface area contributed by atoms with Crippen molar-refractivity contribution in [3.8, 4) is 0 Å². The summed E-state index contributed by atoms with van der Waals surface area (Å²) in [6, 6.07) is 10.1. The molecule has 1 aliphatic heterocycles. The van der Waals surface area contributed by atoms with E-state index in [1.807, 2.05) is 30.3 Å². The minimum absolute atomic E-state index is 0.00835. The molecule has 11 nitrogen and oxygen atoms in total. The molecule has 1 saturated carbocycles. The molecule has 0 bridgehead atoms. The maximum Gasteiger partial charge on any atom is 0.427 e. The molecule has 13 heteroatoms. The van der Waals surface area contributed by atoms with Crippen molar-refractivity contribution in [2.75, 3.05) is 23.4 Å². The summed E-state index contributed by atoms with van der Waals surface area (Å²) in [6.07, 6.45) is 0.0652. The minimum atomic E-state index is -1.01. The molecule has 3 aromatic rings. The van der Waals surface area contributed by atoms with Crippen LogP contribution in [0.4, 0.5) is 19.7 Å². The first-order valence-corrected chi connectivity index (χ1v) is 14.9. The number of rotatable bonds is 5. The average molecular weight is 630 g/mol. The molecule has 236 valence electrons. The van der Waals surface area contributed by atoms with Gasteiger partial charge in [-0.2, -0.15) is 4.68 Å². The number of hydrogen-bond donors (Lipinski definition) is 2. The molecule has 2 aromatic carbocycles. The number of carbonyl (C=O) groups excluding carboxylic acids is 2. The van der Waals surface area contributed by atoms with Crippen LogP contribution >= 0.6 is 11.6 Å². The maximum atomic E-state index is 16.0. The lowest BCUT2D eigenvalue weighted by Crippen LogP contribution is -2.49. The minimum Gasteiger partial charge on any atom is -0.444 e. The van der Waals surface area contributed by atoms with E-state index in [0.29, 0.717) is 30.5 Å². The number of aromatic nitrogens is 2. The summed E-state index contributed by atoms with van der Waals surface area (Å²) in [6.45, 7) is 10.7. The Morgan fingerprint density at radius 3 is 2.20 bits per heavy atom. The second-order valence-electron chi connectivity index (χ2n) is 13.3. The highest BCUT2D eigenvalue weighted by Crippen LogP contribution is 2.43. The van der Waals surface area contributed by atoms with Crippen LogP contribution < -0.4 is 26.9 Å². The zero-order chi connectivity index (χ0) is 32.2. The fourth-order valence-electron chi connectivity index (χ4n) is 5.53. The molecule has 2 N–H and O–H groups in total. The highest BCUT2D eigenvalue weighted by molar-refractivity contribution is 6.38. The summed E-state index contributed by atoms with van der Waals surface area (Å²) in [5, 5.41) is 2.74. The molecule has 1 atom stereocenters. The standard InChI is InChI=1S/C31H37ClFN5O6/c1-29(2,3)43-26(40)34-31(18-10-8-7-9-11-18)14-15-36(17-31)24-21(33)16-20-23(22(24)32)37(19-12-13-19)28(42)38(25(20)39)35-27(41)44-30(4,5)6/h7-11,16,19H,12-15,17H2,1-6H3,(H,34,40)(H,35,41). The zero-order valence-corrected chi connectivity index (χ0v) is 26.4. The summed E-state index contributed by atoms with van der Waals surface area (Å²) < 4.78 is 28.7. The van der Waals surface area contributed by atoms with Crippen LogP contribution in [0, 0.1) is 5.82 Å². The lowest BCUT2D eigenvalue weighted by molar-refractivity contribution is 0.0461. The number of alkyl carbamates (subject to hydrolysis) is 1. The molecule has 1 saturated heterocycles. The van der Waals surface area contributed by atoms with Crippen molar-refractivity contribution in [2.24, 2.45) is 0 Å². The molecule has 1 aromatic heterocycles. The Bertz CT molecular complexity index is 1740. The Kier molecular flexibility index (Phi) is 7.94. The van der Waals surface area contributed by atoms with Crippen LogP contribution in [0.5, 0.6) is 0 Å². The summed E-state index contributed by atoms with van der Waals surface area (Å²) in [7, 11) is 0. The first kappa shape index (κ1) is 31.4. The number of hydrogen-bond acceptors (Lipinski definition) is 7. The van der Waals surface area contributed by atoms with E-state index in [-0.39, 0.29) is 34.2 Å². The fraction of sp³-hybridized carbons (Fsp3) is 0.484. The SMILES string of the molecule is CC(C)(C)OC(=O)Nn1c(=O)c2cc(F)c(N3CCC(NC(=O)OC(C)(C)C)(c4ccccc4)C3)c(Cl)c2n(C2CC2)c1=O. The van der Waals surface area contributed by atoms with Gasteiger partial charge in [0.1, 0.15) is 17.0 Å². The Morgan fingerprint density at radius 1 is 1.00 bits per heavy atom. The van der Waals surface area contributed by atoms with Gasteiger partial charge < -0.3 is 19.7 Å². The molecule has 1 unspecified atom stereocenters. The molecule has 1 aliphatic carbocycles. The molecule has 0 radical (unpaired) electrons. The molecule has 5 rings (SSSR count). The number of nitrogens with one attached hydrogen (secondary N) is 2. The van der Waals surface area contributed by atoms with Crippen molar-refractivity contribution in [2.45, 2.75) is 83.6 Å². The quantitative estimate of drug-likeness (QED) is 0.387. The van der Waals surface area contributed by atoms with Gasteiger partial charge in [0.15, 0.2) is 0 Å². The van der Waals surface area contributed by atoms with Gasteiger partial charge in [-0.25, -0.2) is 24.2 Å². The Labute approximate surface area is 258 Å². The van der Waals surface area contributed by atoms with Gasteiger partial charge in [-0.1, -0.05) is 41.9 Å². The van der Waals surface area contributed by atoms with Crippen molar-refractivity contribution in [1.82, 2.24) is 14.6 Å². The normalized spacial score (nSPS) is 18.8. The molecular weight excluding hydrogens is 593 g/mol. The molecule has 2 aliphatic rings. The lowest BCUT2D eigenvalue weighted by Gasteiger charge is -2.33. The first-order chi connectivity index (χ1) is 20.5. The van der Waals surface area contributed by atoms with Gasteiger partial charge in [0.05, 0.1) is 27.2 Å². The van der Waals surface area contributed by atoms with Crippen LogP contribution in [-0.2, 0) is 15.0 Å². The van der Waals surface area contributed by atoms with Crippen molar-refractivity contribution in [1.29, 1.82) is 0 Å². The van der Waals surface area contributed by atoms with E-state index < -0.39 is 46.0 Å². The molecular formula is C31H37ClFN5O6. The fourth-order valence-corrected chi connectivity index (χ4v) is 5.93. The first-order valence-electron chi connectivity index (χ1n) is 14.5. The predicted octanol–water partition coefficient (Wildman–Crippen LogP) is 5.40. The van der Waals surface area contributed by atoms with Crippen LogP contribution in [0.3, 0.4) is 0 Å². The number of halogens is 2. The van der Waals surface area contributed by atoms with Crippen molar-refractivity contribution < 1.29 is 23.5 Å². The highest BCUT2D eigenvalue weighted by Gasteiger charge is 2.44. The van der Waals surface area contributed by atoms with Gasteiger partial charge in [-0.3, -0.25) is 9.36 Å². The van der Waals surface area contributed by atoms with E-state index in [0.717, 1.165) is 11.6 Å². The van der Waals surface area contributed by atoms with Crippen LogP contribution in [0.15, 0.2) is 46.0 Å². The van der Waals surface area contributed by atoms with Crippen LogP contribution in [0.1, 0.15) is 72.4 Å². The van der Waals surface area contributed by atoms with Gasteiger partial charge in [0, 0.05) is 19.1 Å². The van der Waals surface area contributed by atoms with Crippen molar-refractivity contribution in [3.63, 3.8) is 0 Å². The van der Waals surface area contributed by atoms with Crippen molar-refractivity contribution >= 4 is 40.4 Å². The van der Waals surface area contributed by atoms with Crippen LogP contribution in [0.25, 0.3) is 10.9 Å². The zero-order valence-electron chi connectivity index (χ0n) is 25.6. The van der Waals surface area contributed by atoms with E-state index in [1.54, 1.807) is 46.4 Å². The number of carbonyl (C=O) groups is 2. The molecule has 44 heavy (non-hydrogen) atoms. The molecule has 0 spiro atoms. The number of fused-ring (bicyclic) bond motifs is 1. The second-order valence-corrected chi connectivity index (χ2v) is 13.7. The second kappa shape index (κ2) is 11.1. The van der Waals surface area contributed by atoms with E-state index >= 15 is 4.39 Å². The average Bonchev–Trinajstić information content (AvgIpc) is 3.65. The van der Waals surface area contributed by atoms with E-state index in [2.05, 4.69) is 10.7 Å². The maximum absolute atomic E-state index is 16.0. The molecule has 2 amide bonds. The van der Waals surface area contributed by atoms with Crippen LogP contribution in [0.2, 0.25) is 5.02 Å². The Balaban J connectivity index is 1.59. The van der Waals surface area contributed by atoms with Crippen molar-refractivity contribution in [3.05, 3.63) is 73.6 Å². The van der Waals surface area contributed by atoms with Gasteiger partial charge >= 0.3 is 17.9 Å². The van der Waals surface area contributed by atoms with Gasteiger partial charge in [-0.05, 0) is 72.4 Å². The summed E-state index contributed by atoms with van der Waals surface area (Å²) >= 11 is 6.91.